The van der Waals surface area contributed by atoms with E-state index in [0.29, 0.717) is 12.8 Å². The largest absolute Gasteiger partial charge is 0.491 e. The van der Waals surface area contributed by atoms with E-state index in [1.807, 2.05) is 68.4 Å². The molecule has 2 N–H and O–H groups in total. The summed E-state index contributed by atoms with van der Waals surface area (Å²) in [4.78, 5) is 25.0. The number of ether oxygens (including phenoxy) is 2. The molecular weight excluding hydrogens is 368 g/mol. The number of methoxy groups -OCH3 is 1. The number of nitrogens with one attached hydrogen (secondary N) is 2. The summed E-state index contributed by atoms with van der Waals surface area (Å²) in [5.41, 5.74) is 1.94. The number of likely N-dealkylation sites (N-methyl/N-ethyl adjacent to an activating group) is 1. The maximum Gasteiger partial charge on any atom is 0.328 e. The number of hydrogen-bond acceptors (Lipinski definition) is 5. The van der Waals surface area contributed by atoms with Crippen molar-refractivity contribution in [1.82, 2.24) is 10.6 Å². The van der Waals surface area contributed by atoms with E-state index < -0.39 is 18.1 Å². The molecule has 0 saturated carbocycles. The van der Waals surface area contributed by atoms with Crippen LogP contribution in [0.4, 0.5) is 0 Å². The Morgan fingerprint density at radius 1 is 0.897 bits per heavy atom. The fraction of sp³-hybridized carbons (Fsp3) is 0.391. The number of hydrogen-bond donors (Lipinski definition) is 2. The van der Waals surface area contributed by atoms with Crippen LogP contribution in [0.25, 0.3) is 0 Å². The van der Waals surface area contributed by atoms with Gasteiger partial charge in [-0.05, 0) is 50.6 Å². The van der Waals surface area contributed by atoms with Crippen LogP contribution in [-0.2, 0) is 27.2 Å². The van der Waals surface area contributed by atoms with Gasteiger partial charge in [0.2, 0.25) is 5.91 Å². The minimum Gasteiger partial charge on any atom is -0.491 e. The van der Waals surface area contributed by atoms with Crippen LogP contribution in [0.5, 0.6) is 5.75 Å². The van der Waals surface area contributed by atoms with Crippen LogP contribution in [0.15, 0.2) is 54.6 Å². The standard InChI is InChI=1S/C23H30N2O4/c1-16(2)29-19-12-10-18(11-13-19)15-21(23(27)28-4)25-22(26)20(24-3)14-17-8-6-5-7-9-17/h5-13,16,20-21,24H,14-15H2,1-4H3,(H,25,26)/t20-,21-/m0/s1. The summed E-state index contributed by atoms with van der Waals surface area (Å²) in [6, 6.07) is 16.0. The highest BCUT2D eigenvalue weighted by Crippen LogP contribution is 2.15. The van der Waals surface area contributed by atoms with Crippen molar-refractivity contribution in [3.8, 4) is 5.75 Å². The van der Waals surface area contributed by atoms with Crippen molar-refractivity contribution in [1.29, 1.82) is 0 Å². The van der Waals surface area contributed by atoms with Crippen LogP contribution in [0.1, 0.15) is 25.0 Å². The number of esters is 1. The summed E-state index contributed by atoms with van der Waals surface area (Å²) >= 11 is 0. The van der Waals surface area contributed by atoms with Gasteiger partial charge in [0.05, 0.1) is 19.3 Å². The third kappa shape index (κ3) is 7.23. The molecule has 29 heavy (non-hydrogen) atoms. The van der Waals surface area contributed by atoms with Crippen molar-refractivity contribution in [3.63, 3.8) is 0 Å². The van der Waals surface area contributed by atoms with Crippen LogP contribution >= 0.6 is 0 Å². The lowest BCUT2D eigenvalue weighted by atomic mass is 10.0. The van der Waals surface area contributed by atoms with Crippen LogP contribution < -0.4 is 15.4 Å². The van der Waals surface area contributed by atoms with Crippen molar-refractivity contribution >= 4 is 11.9 Å². The number of carbonyl (C=O) groups is 2. The van der Waals surface area contributed by atoms with E-state index in [0.717, 1.165) is 16.9 Å². The molecule has 2 atom stereocenters. The lowest BCUT2D eigenvalue weighted by molar-refractivity contribution is -0.145. The van der Waals surface area contributed by atoms with Crippen molar-refractivity contribution in [3.05, 3.63) is 65.7 Å². The Bertz CT molecular complexity index is 775. The molecule has 2 aromatic rings. The molecular formula is C23H30N2O4. The highest BCUT2D eigenvalue weighted by atomic mass is 16.5. The first-order valence-corrected chi connectivity index (χ1v) is 9.78. The fourth-order valence-corrected chi connectivity index (χ4v) is 3.00. The molecule has 0 unspecified atom stereocenters. The first-order valence-electron chi connectivity index (χ1n) is 9.78. The average Bonchev–Trinajstić information content (AvgIpc) is 2.72. The predicted octanol–water partition coefficient (Wildman–Crippen LogP) is 2.50. The molecule has 2 aromatic carbocycles. The summed E-state index contributed by atoms with van der Waals surface area (Å²) in [5.74, 6) is 0.0439. The molecule has 1 amide bonds. The molecule has 0 spiro atoms. The Balaban J connectivity index is 2.05. The molecule has 0 aliphatic carbocycles. The van der Waals surface area contributed by atoms with Gasteiger partial charge in [0.15, 0.2) is 0 Å². The summed E-state index contributed by atoms with van der Waals surface area (Å²) < 4.78 is 10.5. The zero-order valence-electron chi connectivity index (χ0n) is 17.5. The molecule has 156 valence electrons. The molecule has 0 heterocycles. The van der Waals surface area contributed by atoms with Crippen molar-refractivity contribution in [2.45, 2.75) is 44.9 Å². The summed E-state index contributed by atoms with van der Waals surface area (Å²) in [6.07, 6.45) is 0.950. The molecule has 6 nitrogen and oxygen atoms in total. The molecule has 6 heteroatoms. The van der Waals surface area contributed by atoms with Crippen LogP contribution in [-0.4, -0.2) is 44.2 Å². The van der Waals surface area contributed by atoms with Gasteiger partial charge in [0.1, 0.15) is 11.8 Å². The second kappa shape index (κ2) is 11.2. The first-order chi connectivity index (χ1) is 13.9. The topological polar surface area (TPSA) is 76.7 Å². The van der Waals surface area contributed by atoms with Gasteiger partial charge in [-0.3, -0.25) is 4.79 Å². The second-order valence-corrected chi connectivity index (χ2v) is 7.13. The van der Waals surface area contributed by atoms with Gasteiger partial charge in [-0.15, -0.1) is 0 Å². The number of benzene rings is 2. The van der Waals surface area contributed by atoms with Gasteiger partial charge in [-0.1, -0.05) is 42.5 Å². The monoisotopic (exact) mass is 398 g/mol. The Labute approximate surface area is 172 Å². The molecule has 0 fully saturated rings. The van der Waals surface area contributed by atoms with E-state index >= 15 is 0 Å². The van der Waals surface area contributed by atoms with Crippen molar-refractivity contribution in [2.75, 3.05) is 14.2 Å². The number of rotatable bonds is 10. The number of amides is 1. The minimum absolute atomic E-state index is 0.0889. The Kier molecular flexibility index (Phi) is 8.68. The smallest absolute Gasteiger partial charge is 0.328 e. The van der Waals surface area contributed by atoms with E-state index in [-0.39, 0.29) is 12.0 Å². The van der Waals surface area contributed by atoms with E-state index in [1.54, 1.807) is 7.05 Å². The molecule has 0 aliphatic heterocycles. The highest BCUT2D eigenvalue weighted by Gasteiger charge is 2.26. The lowest BCUT2D eigenvalue weighted by Gasteiger charge is -2.21. The Morgan fingerprint density at radius 3 is 2.03 bits per heavy atom. The molecule has 0 bridgehead atoms. The summed E-state index contributed by atoms with van der Waals surface area (Å²) in [5, 5.41) is 5.85. The zero-order valence-corrected chi connectivity index (χ0v) is 17.5. The van der Waals surface area contributed by atoms with E-state index in [4.69, 9.17) is 9.47 Å². The van der Waals surface area contributed by atoms with Gasteiger partial charge in [-0.25, -0.2) is 4.79 Å². The van der Waals surface area contributed by atoms with Gasteiger partial charge >= 0.3 is 5.97 Å². The average molecular weight is 399 g/mol. The van der Waals surface area contributed by atoms with Gasteiger partial charge in [-0.2, -0.15) is 0 Å². The van der Waals surface area contributed by atoms with Crippen LogP contribution in [0.2, 0.25) is 0 Å². The Hall–Kier alpha value is -2.86. The first kappa shape index (κ1) is 22.4. The molecule has 0 radical (unpaired) electrons. The zero-order chi connectivity index (χ0) is 21.2. The number of carbonyl (C=O) groups excluding carboxylic acids is 2. The molecule has 0 saturated heterocycles. The second-order valence-electron chi connectivity index (χ2n) is 7.13. The summed E-state index contributed by atoms with van der Waals surface area (Å²) in [6.45, 7) is 3.93. The summed E-state index contributed by atoms with van der Waals surface area (Å²) in [7, 11) is 3.05. The Morgan fingerprint density at radius 2 is 1.48 bits per heavy atom. The lowest BCUT2D eigenvalue weighted by Crippen LogP contribution is -2.51. The maximum atomic E-state index is 12.8. The quantitative estimate of drug-likeness (QED) is 0.602. The molecule has 0 aliphatic rings. The van der Waals surface area contributed by atoms with E-state index in [2.05, 4.69) is 10.6 Å². The van der Waals surface area contributed by atoms with Crippen molar-refractivity contribution in [2.24, 2.45) is 0 Å². The van der Waals surface area contributed by atoms with Crippen molar-refractivity contribution < 1.29 is 19.1 Å². The maximum absolute atomic E-state index is 12.8. The molecule has 0 aromatic heterocycles. The predicted molar refractivity (Wildman–Crippen MR) is 113 cm³/mol. The van der Waals surface area contributed by atoms with Crippen LogP contribution in [0, 0.1) is 0 Å². The minimum atomic E-state index is -0.768. The fourth-order valence-electron chi connectivity index (χ4n) is 3.00. The van der Waals surface area contributed by atoms with Gasteiger partial charge < -0.3 is 20.1 Å². The van der Waals surface area contributed by atoms with E-state index in [9.17, 15) is 9.59 Å². The van der Waals surface area contributed by atoms with E-state index in [1.165, 1.54) is 7.11 Å². The normalized spacial score (nSPS) is 12.9. The SMILES string of the molecule is CN[C@@H](Cc1ccccc1)C(=O)N[C@@H](Cc1ccc(OC(C)C)cc1)C(=O)OC. The van der Waals surface area contributed by atoms with Crippen LogP contribution in [0.3, 0.4) is 0 Å². The third-order valence-corrected chi connectivity index (χ3v) is 4.48. The van der Waals surface area contributed by atoms with Gasteiger partial charge in [0.25, 0.3) is 0 Å². The third-order valence-electron chi connectivity index (χ3n) is 4.48. The van der Waals surface area contributed by atoms with Gasteiger partial charge in [0, 0.05) is 6.42 Å². The molecule has 2 rings (SSSR count). The highest BCUT2D eigenvalue weighted by molar-refractivity contribution is 5.87.